The second kappa shape index (κ2) is 8.52. The van der Waals surface area contributed by atoms with Crippen LogP contribution in [0.2, 0.25) is 0 Å². The van der Waals surface area contributed by atoms with Gasteiger partial charge in [0.15, 0.2) is 0 Å². The molecule has 0 saturated heterocycles. The fourth-order valence-corrected chi connectivity index (χ4v) is 4.27. The second-order valence-electron chi connectivity index (χ2n) is 7.83. The van der Waals surface area contributed by atoms with E-state index in [1.165, 1.54) is 0 Å². The molecule has 32 heavy (non-hydrogen) atoms. The highest BCUT2D eigenvalue weighted by Crippen LogP contribution is 2.39. The molecule has 2 aliphatic rings. The van der Waals surface area contributed by atoms with Gasteiger partial charge in [0.2, 0.25) is 0 Å². The third-order valence-electron chi connectivity index (χ3n) is 5.87. The van der Waals surface area contributed by atoms with Gasteiger partial charge in [-0.2, -0.15) is 0 Å². The maximum absolute atomic E-state index is 14.0. The highest BCUT2D eigenvalue weighted by molar-refractivity contribution is 6.30. The van der Waals surface area contributed by atoms with Gasteiger partial charge in [-0.05, 0) is 58.6 Å². The zero-order valence-electron chi connectivity index (χ0n) is 17.9. The van der Waals surface area contributed by atoms with E-state index >= 15 is 0 Å². The molecule has 0 radical (unpaired) electrons. The highest BCUT2D eigenvalue weighted by atomic mass is 16.2. The summed E-state index contributed by atoms with van der Waals surface area (Å²) >= 11 is 0. The minimum Gasteiger partial charge on any atom is -0.283 e. The van der Waals surface area contributed by atoms with Gasteiger partial charge in [0, 0.05) is 6.20 Å². The van der Waals surface area contributed by atoms with Gasteiger partial charge in [0.05, 0.1) is 11.3 Å². The molecule has 2 nitrogen and oxygen atoms in total. The van der Waals surface area contributed by atoms with Gasteiger partial charge in [0.25, 0.3) is 5.91 Å². The third kappa shape index (κ3) is 3.57. The SMILES string of the molecule is CC1=C2C=CC=CN2C(=O)C(c2ccccc2)=C(c2ccccc2)C=C1c1ccccc1. The predicted octanol–water partition coefficient (Wildman–Crippen LogP) is 6.88. The number of carbonyl (C=O) groups excluding carboxylic acids is 1. The van der Waals surface area contributed by atoms with E-state index in [0.29, 0.717) is 5.57 Å². The molecule has 0 spiro atoms. The lowest BCUT2D eigenvalue weighted by atomic mass is 9.86. The summed E-state index contributed by atoms with van der Waals surface area (Å²) in [4.78, 5) is 15.8. The molecule has 0 saturated carbocycles. The molecule has 1 amide bonds. The van der Waals surface area contributed by atoms with Crippen LogP contribution in [0.3, 0.4) is 0 Å². The Morgan fingerprint density at radius 2 is 1.22 bits per heavy atom. The van der Waals surface area contributed by atoms with Crippen LogP contribution in [0.15, 0.2) is 133 Å². The molecule has 3 aromatic carbocycles. The van der Waals surface area contributed by atoms with Crippen LogP contribution in [0.1, 0.15) is 23.6 Å². The van der Waals surface area contributed by atoms with E-state index in [2.05, 4.69) is 49.4 Å². The number of rotatable bonds is 3. The molecule has 5 rings (SSSR count). The van der Waals surface area contributed by atoms with E-state index in [-0.39, 0.29) is 5.91 Å². The van der Waals surface area contributed by atoms with E-state index in [0.717, 1.165) is 39.1 Å². The molecule has 2 heterocycles. The Morgan fingerprint density at radius 3 is 1.84 bits per heavy atom. The number of hydrogen-bond acceptors (Lipinski definition) is 1. The lowest BCUT2D eigenvalue weighted by Crippen LogP contribution is -2.29. The van der Waals surface area contributed by atoms with Crippen LogP contribution in [0.25, 0.3) is 16.7 Å². The number of hydrogen-bond donors (Lipinski definition) is 0. The lowest BCUT2D eigenvalue weighted by Gasteiger charge is -2.29. The number of carbonyl (C=O) groups is 1. The maximum Gasteiger partial charge on any atom is 0.263 e. The van der Waals surface area contributed by atoms with E-state index in [1.54, 1.807) is 4.90 Å². The van der Waals surface area contributed by atoms with Gasteiger partial charge >= 0.3 is 0 Å². The standard InChI is InChI=1S/C30H23NO/c1-22-26(23-13-5-2-6-14-23)21-27(24-15-7-3-8-16-24)29(25-17-9-4-10-18-25)30(32)31-20-12-11-19-28(22)31/h2-21H,1H3. The quantitative estimate of drug-likeness (QED) is 0.458. The van der Waals surface area contributed by atoms with Crippen LogP contribution in [0.5, 0.6) is 0 Å². The summed E-state index contributed by atoms with van der Waals surface area (Å²) in [7, 11) is 0. The monoisotopic (exact) mass is 413 g/mol. The summed E-state index contributed by atoms with van der Waals surface area (Å²) in [5.41, 5.74) is 7.71. The zero-order valence-corrected chi connectivity index (χ0v) is 17.9. The normalized spacial score (nSPS) is 16.0. The molecule has 0 bridgehead atoms. The molecular formula is C30H23NO. The van der Waals surface area contributed by atoms with Crippen LogP contribution in [-0.4, -0.2) is 10.8 Å². The van der Waals surface area contributed by atoms with Gasteiger partial charge in [0.1, 0.15) is 0 Å². The molecule has 0 N–H and O–H groups in total. The summed E-state index contributed by atoms with van der Waals surface area (Å²) in [5, 5.41) is 0. The number of fused-ring (bicyclic) bond motifs is 1. The fraction of sp³-hybridized carbons (Fsp3) is 0.0333. The first-order valence-corrected chi connectivity index (χ1v) is 10.8. The summed E-state index contributed by atoms with van der Waals surface area (Å²) in [6, 6.07) is 30.5. The molecule has 2 heteroatoms. The second-order valence-corrected chi connectivity index (χ2v) is 7.83. The van der Waals surface area contributed by atoms with Crippen LogP contribution in [0, 0.1) is 0 Å². The van der Waals surface area contributed by atoms with Crippen molar-refractivity contribution < 1.29 is 4.79 Å². The van der Waals surface area contributed by atoms with Crippen molar-refractivity contribution in [3.8, 4) is 0 Å². The molecule has 0 fully saturated rings. The largest absolute Gasteiger partial charge is 0.283 e. The van der Waals surface area contributed by atoms with Crippen LogP contribution in [-0.2, 0) is 4.79 Å². The van der Waals surface area contributed by atoms with Crippen molar-refractivity contribution in [1.29, 1.82) is 0 Å². The first-order valence-electron chi connectivity index (χ1n) is 10.8. The number of amides is 1. The van der Waals surface area contributed by atoms with Crippen molar-refractivity contribution in [3.63, 3.8) is 0 Å². The van der Waals surface area contributed by atoms with E-state index < -0.39 is 0 Å². The fourth-order valence-electron chi connectivity index (χ4n) is 4.27. The molecule has 0 aliphatic carbocycles. The smallest absolute Gasteiger partial charge is 0.263 e. The lowest BCUT2D eigenvalue weighted by molar-refractivity contribution is -0.121. The summed E-state index contributed by atoms with van der Waals surface area (Å²) in [6.45, 7) is 2.09. The molecule has 2 aliphatic heterocycles. The molecule has 0 aromatic heterocycles. The average molecular weight is 414 g/mol. The summed E-state index contributed by atoms with van der Waals surface area (Å²) < 4.78 is 0. The van der Waals surface area contributed by atoms with Crippen molar-refractivity contribution in [1.82, 2.24) is 4.90 Å². The van der Waals surface area contributed by atoms with Gasteiger partial charge in [-0.15, -0.1) is 0 Å². The summed E-state index contributed by atoms with van der Waals surface area (Å²) in [6.07, 6.45) is 9.95. The minimum atomic E-state index is -0.0339. The minimum absolute atomic E-state index is 0.0339. The Morgan fingerprint density at radius 1 is 0.656 bits per heavy atom. The Kier molecular flexibility index (Phi) is 5.27. The average Bonchev–Trinajstić information content (AvgIpc) is 2.87. The van der Waals surface area contributed by atoms with Crippen molar-refractivity contribution in [3.05, 3.63) is 149 Å². The molecule has 0 unspecified atom stereocenters. The van der Waals surface area contributed by atoms with Crippen molar-refractivity contribution in [2.75, 3.05) is 0 Å². The Labute approximate surface area is 188 Å². The first-order chi connectivity index (χ1) is 15.7. The third-order valence-corrected chi connectivity index (χ3v) is 5.87. The van der Waals surface area contributed by atoms with Crippen LogP contribution in [0.4, 0.5) is 0 Å². The highest BCUT2D eigenvalue weighted by Gasteiger charge is 2.28. The molecule has 0 atom stereocenters. The first kappa shape index (κ1) is 19.8. The zero-order chi connectivity index (χ0) is 21.9. The predicted molar refractivity (Wildman–Crippen MR) is 132 cm³/mol. The van der Waals surface area contributed by atoms with Gasteiger partial charge in [-0.1, -0.05) is 97.1 Å². The molecule has 154 valence electrons. The number of benzene rings is 3. The maximum atomic E-state index is 14.0. The topological polar surface area (TPSA) is 20.3 Å². The van der Waals surface area contributed by atoms with E-state index in [4.69, 9.17) is 0 Å². The van der Waals surface area contributed by atoms with Crippen LogP contribution < -0.4 is 0 Å². The number of allylic oxidation sites excluding steroid dienone is 7. The van der Waals surface area contributed by atoms with Gasteiger partial charge < -0.3 is 0 Å². The van der Waals surface area contributed by atoms with E-state index in [1.807, 2.05) is 79.0 Å². The van der Waals surface area contributed by atoms with E-state index in [9.17, 15) is 4.79 Å². The molecule has 3 aromatic rings. The number of nitrogens with zero attached hydrogens (tertiary/aromatic N) is 1. The van der Waals surface area contributed by atoms with Crippen molar-refractivity contribution >= 4 is 22.6 Å². The summed E-state index contributed by atoms with van der Waals surface area (Å²) in [5.74, 6) is -0.0339. The van der Waals surface area contributed by atoms with Crippen molar-refractivity contribution in [2.45, 2.75) is 6.92 Å². The van der Waals surface area contributed by atoms with Gasteiger partial charge in [-0.3, -0.25) is 9.69 Å². The Hall–Kier alpha value is -4.17. The Balaban J connectivity index is 1.89. The molecular weight excluding hydrogens is 390 g/mol. The van der Waals surface area contributed by atoms with Crippen molar-refractivity contribution in [2.24, 2.45) is 0 Å². The van der Waals surface area contributed by atoms with Crippen LogP contribution >= 0.6 is 0 Å². The Bertz CT molecular complexity index is 1310. The van der Waals surface area contributed by atoms with Gasteiger partial charge in [-0.25, -0.2) is 0 Å².